The van der Waals surface area contributed by atoms with Gasteiger partial charge in [0.25, 0.3) is 0 Å². The minimum absolute atomic E-state index is 0.171. The van der Waals surface area contributed by atoms with Crippen LogP contribution in [0.5, 0.6) is 0 Å². The van der Waals surface area contributed by atoms with Crippen molar-refractivity contribution in [2.75, 3.05) is 12.3 Å². The van der Waals surface area contributed by atoms with Gasteiger partial charge in [-0.2, -0.15) is 0 Å². The van der Waals surface area contributed by atoms with Crippen LogP contribution in [-0.2, 0) is 4.89 Å². The first-order valence-electron chi connectivity index (χ1n) is 3.47. The number of nitrogens with two attached hydrogens (primary N) is 1. The standard InChI is InChI=1S/C8H10N2O2/c9-8-4-3-7(6-10-8)2-1-5-12-11/h1-4,6,11H,5H2,(H2,9,10)/b2-1+. The molecule has 0 saturated heterocycles. The van der Waals surface area contributed by atoms with Crippen LogP contribution in [0, 0.1) is 0 Å². The van der Waals surface area contributed by atoms with Crippen molar-refractivity contribution in [1.82, 2.24) is 4.98 Å². The lowest BCUT2D eigenvalue weighted by Crippen LogP contribution is -1.88. The number of nitrogen functional groups attached to an aromatic ring is 1. The summed E-state index contributed by atoms with van der Waals surface area (Å²) < 4.78 is 0. The number of anilines is 1. The minimum atomic E-state index is 0.171. The molecular weight excluding hydrogens is 156 g/mol. The van der Waals surface area contributed by atoms with Crippen LogP contribution in [0.15, 0.2) is 24.4 Å². The van der Waals surface area contributed by atoms with E-state index in [-0.39, 0.29) is 6.61 Å². The highest BCUT2D eigenvalue weighted by molar-refractivity contribution is 5.49. The van der Waals surface area contributed by atoms with Crippen molar-refractivity contribution in [3.8, 4) is 0 Å². The average molecular weight is 166 g/mol. The molecule has 4 nitrogen and oxygen atoms in total. The van der Waals surface area contributed by atoms with E-state index in [1.54, 1.807) is 24.4 Å². The van der Waals surface area contributed by atoms with Crippen LogP contribution in [-0.4, -0.2) is 16.8 Å². The minimum Gasteiger partial charge on any atom is -0.384 e. The molecular formula is C8H10N2O2. The van der Waals surface area contributed by atoms with Gasteiger partial charge < -0.3 is 5.73 Å². The molecule has 3 N–H and O–H groups in total. The molecule has 0 unspecified atom stereocenters. The molecule has 0 atom stereocenters. The Balaban J connectivity index is 2.58. The Kier molecular flexibility index (Phi) is 3.25. The van der Waals surface area contributed by atoms with Crippen molar-refractivity contribution in [1.29, 1.82) is 0 Å². The van der Waals surface area contributed by atoms with Gasteiger partial charge in [0, 0.05) is 6.20 Å². The summed E-state index contributed by atoms with van der Waals surface area (Å²) in [5, 5.41) is 8.00. The van der Waals surface area contributed by atoms with Crippen LogP contribution in [0.3, 0.4) is 0 Å². The van der Waals surface area contributed by atoms with Gasteiger partial charge in [-0.25, -0.2) is 9.87 Å². The maximum atomic E-state index is 8.00. The van der Waals surface area contributed by atoms with Gasteiger partial charge in [0.2, 0.25) is 0 Å². The Hall–Kier alpha value is -1.39. The van der Waals surface area contributed by atoms with Crippen molar-refractivity contribution < 1.29 is 10.1 Å². The summed E-state index contributed by atoms with van der Waals surface area (Å²) in [7, 11) is 0. The van der Waals surface area contributed by atoms with E-state index in [2.05, 4.69) is 9.87 Å². The predicted molar refractivity (Wildman–Crippen MR) is 46.3 cm³/mol. The summed E-state index contributed by atoms with van der Waals surface area (Å²) >= 11 is 0. The molecule has 0 aromatic carbocycles. The number of aromatic nitrogens is 1. The van der Waals surface area contributed by atoms with Crippen LogP contribution in [0.4, 0.5) is 5.82 Å². The smallest absolute Gasteiger partial charge is 0.123 e. The first-order valence-corrected chi connectivity index (χ1v) is 3.47. The van der Waals surface area contributed by atoms with Crippen LogP contribution in [0.25, 0.3) is 6.08 Å². The molecule has 0 saturated carbocycles. The van der Waals surface area contributed by atoms with Crippen molar-refractivity contribution in [3.05, 3.63) is 30.0 Å². The first-order chi connectivity index (χ1) is 5.83. The largest absolute Gasteiger partial charge is 0.384 e. The second-order valence-electron chi connectivity index (χ2n) is 2.21. The van der Waals surface area contributed by atoms with Gasteiger partial charge in [0.1, 0.15) is 12.4 Å². The molecule has 0 aliphatic carbocycles. The van der Waals surface area contributed by atoms with E-state index < -0.39 is 0 Å². The third kappa shape index (κ3) is 2.69. The van der Waals surface area contributed by atoms with E-state index in [0.717, 1.165) is 5.56 Å². The maximum Gasteiger partial charge on any atom is 0.123 e. The van der Waals surface area contributed by atoms with Crippen molar-refractivity contribution >= 4 is 11.9 Å². The molecule has 1 rings (SSSR count). The van der Waals surface area contributed by atoms with Crippen molar-refractivity contribution in [3.63, 3.8) is 0 Å². The Labute approximate surface area is 70.2 Å². The van der Waals surface area contributed by atoms with Gasteiger partial charge in [-0.3, -0.25) is 5.26 Å². The summed E-state index contributed by atoms with van der Waals surface area (Å²) in [6.45, 7) is 0.171. The third-order valence-corrected chi connectivity index (χ3v) is 1.29. The van der Waals surface area contributed by atoms with Gasteiger partial charge in [-0.05, 0) is 17.7 Å². The Morgan fingerprint density at radius 1 is 1.58 bits per heavy atom. The molecule has 1 aromatic rings. The van der Waals surface area contributed by atoms with E-state index in [4.69, 9.17) is 11.0 Å². The van der Waals surface area contributed by atoms with Crippen LogP contribution in [0.1, 0.15) is 5.56 Å². The first kappa shape index (κ1) is 8.70. The molecule has 0 aliphatic heterocycles. The van der Waals surface area contributed by atoms with Gasteiger partial charge in [0.15, 0.2) is 0 Å². The summed E-state index contributed by atoms with van der Waals surface area (Å²) in [4.78, 5) is 7.74. The lowest BCUT2D eigenvalue weighted by molar-refractivity contribution is -0.231. The molecule has 1 heterocycles. The molecule has 0 amide bonds. The van der Waals surface area contributed by atoms with Crippen molar-refractivity contribution in [2.45, 2.75) is 0 Å². The molecule has 64 valence electrons. The van der Waals surface area contributed by atoms with Crippen LogP contribution in [0.2, 0.25) is 0 Å². The highest BCUT2D eigenvalue weighted by Crippen LogP contribution is 2.02. The molecule has 1 aromatic heterocycles. The van der Waals surface area contributed by atoms with Crippen molar-refractivity contribution in [2.24, 2.45) is 0 Å². The second kappa shape index (κ2) is 4.48. The molecule has 0 fully saturated rings. The van der Waals surface area contributed by atoms with Gasteiger partial charge in [0.05, 0.1) is 0 Å². The summed E-state index contributed by atoms with van der Waals surface area (Å²) in [5.41, 5.74) is 6.30. The highest BCUT2D eigenvalue weighted by Gasteiger charge is 1.86. The van der Waals surface area contributed by atoms with E-state index in [0.29, 0.717) is 5.82 Å². The number of pyridine rings is 1. The SMILES string of the molecule is Nc1ccc(/C=C/COO)cn1. The molecule has 0 bridgehead atoms. The summed E-state index contributed by atoms with van der Waals surface area (Å²) in [6.07, 6.45) is 5.10. The molecule has 0 aliphatic rings. The van der Waals surface area contributed by atoms with E-state index in [9.17, 15) is 0 Å². The van der Waals surface area contributed by atoms with Gasteiger partial charge in [-0.15, -0.1) is 0 Å². The fourth-order valence-corrected chi connectivity index (χ4v) is 0.743. The zero-order valence-electron chi connectivity index (χ0n) is 6.47. The quantitative estimate of drug-likeness (QED) is 0.522. The zero-order chi connectivity index (χ0) is 8.81. The number of nitrogens with zero attached hydrogens (tertiary/aromatic N) is 1. The zero-order valence-corrected chi connectivity index (χ0v) is 6.47. The van der Waals surface area contributed by atoms with Gasteiger partial charge >= 0.3 is 0 Å². The highest BCUT2D eigenvalue weighted by atomic mass is 17.1. The Bertz CT molecular complexity index is 256. The Morgan fingerprint density at radius 3 is 3.00 bits per heavy atom. The van der Waals surface area contributed by atoms with Gasteiger partial charge in [-0.1, -0.05) is 12.2 Å². The third-order valence-electron chi connectivity index (χ3n) is 1.29. The lowest BCUT2D eigenvalue weighted by Gasteiger charge is -1.93. The second-order valence-corrected chi connectivity index (χ2v) is 2.21. The molecule has 4 heteroatoms. The van der Waals surface area contributed by atoms with E-state index >= 15 is 0 Å². The summed E-state index contributed by atoms with van der Waals surface area (Å²) in [5.74, 6) is 0.491. The predicted octanol–water partition coefficient (Wildman–Crippen LogP) is 1.17. The van der Waals surface area contributed by atoms with Crippen LogP contribution < -0.4 is 5.73 Å². The fourth-order valence-electron chi connectivity index (χ4n) is 0.743. The topological polar surface area (TPSA) is 68.4 Å². The monoisotopic (exact) mass is 166 g/mol. The number of hydrogen-bond acceptors (Lipinski definition) is 4. The number of hydrogen-bond donors (Lipinski definition) is 2. The summed E-state index contributed by atoms with van der Waals surface area (Å²) in [6, 6.07) is 3.54. The number of rotatable bonds is 3. The molecule has 12 heavy (non-hydrogen) atoms. The molecule has 0 spiro atoms. The Morgan fingerprint density at radius 2 is 2.42 bits per heavy atom. The van der Waals surface area contributed by atoms with Crippen LogP contribution >= 0.6 is 0 Å². The maximum absolute atomic E-state index is 8.00. The van der Waals surface area contributed by atoms with E-state index in [1.807, 2.05) is 6.07 Å². The average Bonchev–Trinajstić information content (AvgIpc) is 2.09. The molecule has 0 radical (unpaired) electrons. The fraction of sp³-hybridized carbons (Fsp3) is 0.125. The van der Waals surface area contributed by atoms with E-state index in [1.165, 1.54) is 0 Å². The lowest BCUT2D eigenvalue weighted by atomic mass is 10.2. The normalized spacial score (nSPS) is 10.8.